The Kier molecular flexibility index (Phi) is 8.35. The van der Waals surface area contributed by atoms with Crippen molar-refractivity contribution in [1.29, 1.82) is 0 Å². The van der Waals surface area contributed by atoms with Gasteiger partial charge in [-0.1, -0.05) is 24.6 Å². The first-order valence-corrected chi connectivity index (χ1v) is 8.32. The van der Waals surface area contributed by atoms with Gasteiger partial charge in [-0.3, -0.25) is 0 Å². The second-order valence-corrected chi connectivity index (χ2v) is 7.13. The molecule has 1 aromatic carbocycles. The Morgan fingerprint density at radius 2 is 1.89 bits per heavy atom. The maximum absolute atomic E-state index is 11.3. The normalized spacial score (nSPS) is 10.2. The van der Waals surface area contributed by atoms with Crippen molar-refractivity contribution >= 4 is 47.2 Å². The van der Waals surface area contributed by atoms with Crippen molar-refractivity contribution in [2.45, 2.75) is 13.3 Å². The minimum Gasteiger partial charge on any atom is -0.462 e. The van der Waals surface area contributed by atoms with Gasteiger partial charge in [-0.2, -0.15) is 8.42 Å². The number of ether oxygens (including phenoxy) is 1. The van der Waals surface area contributed by atoms with Crippen molar-refractivity contribution in [2.75, 3.05) is 6.61 Å². The molecule has 0 heterocycles. The van der Waals surface area contributed by atoms with Crippen LogP contribution in [0.25, 0.3) is 0 Å². The molecular weight excluding hydrogens is 323 g/mol. The Labute approximate surface area is 120 Å². The third-order valence-corrected chi connectivity index (χ3v) is 1.73. The molecule has 1 rings (SSSR count). The number of hydrogen-bond acceptors (Lipinski definition) is 4. The van der Waals surface area contributed by atoms with E-state index < -0.39 is 8.26 Å². The third kappa shape index (κ3) is 10.7. The molecule has 8 heteroatoms. The van der Waals surface area contributed by atoms with E-state index in [1.54, 1.807) is 24.3 Å². The van der Waals surface area contributed by atoms with Gasteiger partial charge in [0.15, 0.2) is 0 Å². The smallest absolute Gasteiger partial charge is 0.338 e. The van der Waals surface area contributed by atoms with Crippen LogP contribution < -0.4 is 0 Å². The highest BCUT2D eigenvalue weighted by Crippen LogP contribution is 2.11. The molecule has 0 unspecified atom stereocenters. The predicted octanol–water partition coefficient (Wildman–Crippen LogP) is 3.62. The van der Waals surface area contributed by atoms with E-state index in [9.17, 15) is 4.79 Å². The van der Waals surface area contributed by atoms with Crippen molar-refractivity contribution in [3.8, 4) is 0 Å². The van der Waals surface area contributed by atoms with Crippen LogP contribution in [0.5, 0.6) is 0 Å². The van der Waals surface area contributed by atoms with Crippen LogP contribution in [0.3, 0.4) is 0 Å². The van der Waals surface area contributed by atoms with Crippen LogP contribution in [0.2, 0.25) is 5.02 Å². The van der Waals surface area contributed by atoms with Gasteiger partial charge in [0, 0.05) is 26.4 Å². The van der Waals surface area contributed by atoms with Crippen molar-refractivity contribution in [3.63, 3.8) is 0 Å². The van der Waals surface area contributed by atoms with Crippen LogP contribution in [0, 0.1) is 0 Å². The zero-order valence-corrected chi connectivity index (χ0v) is 12.5. The van der Waals surface area contributed by atoms with Gasteiger partial charge in [0.25, 0.3) is 0 Å². The van der Waals surface area contributed by atoms with Gasteiger partial charge in [-0.25, -0.2) is 4.79 Å². The number of rotatable bonds is 3. The lowest BCUT2D eigenvalue weighted by atomic mass is 10.2. The first kappa shape index (κ1) is 17.5. The maximum atomic E-state index is 11.3. The van der Waals surface area contributed by atoms with E-state index in [0.29, 0.717) is 17.2 Å². The van der Waals surface area contributed by atoms with Crippen LogP contribution in [0.1, 0.15) is 23.7 Å². The molecule has 0 fully saturated rings. The van der Waals surface area contributed by atoms with Crippen LogP contribution in [-0.4, -0.2) is 21.0 Å². The van der Waals surface area contributed by atoms with Gasteiger partial charge in [0.2, 0.25) is 0 Å². The highest BCUT2D eigenvalue weighted by atomic mass is 36.0. The summed E-state index contributed by atoms with van der Waals surface area (Å²) in [6.07, 6.45) is 0.826. The summed E-state index contributed by atoms with van der Waals surface area (Å²) in [4.78, 5) is 11.3. The summed E-state index contributed by atoms with van der Waals surface area (Å²) in [6, 6.07) is 6.73. The largest absolute Gasteiger partial charge is 0.462 e. The van der Waals surface area contributed by atoms with Crippen molar-refractivity contribution in [1.82, 2.24) is 0 Å². The Morgan fingerprint density at radius 3 is 2.33 bits per heavy atom. The van der Waals surface area contributed by atoms with Crippen LogP contribution in [-0.2, 0) is 13.0 Å². The third-order valence-electron chi connectivity index (χ3n) is 1.50. The van der Waals surface area contributed by atoms with Crippen LogP contribution in [0.4, 0.5) is 0 Å². The van der Waals surface area contributed by atoms with E-state index in [0.717, 1.165) is 6.42 Å². The number of halogens is 3. The van der Waals surface area contributed by atoms with Gasteiger partial charge in [0.05, 0.1) is 12.2 Å². The minimum atomic E-state index is -3.72. The molecule has 0 saturated heterocycles. The lowest BCUT2D eigenvalue weighted by molar-refractivity contribution is 0.0505. The number of carbonyl (C=O) groups is 1. The standard InChI is InChI=1S/C10H11ClO2.Cl2O2S/c1-2-6-13-10(12)8-4-3-5-9(11)7-8;1-5(2,3)4/h3-5,7H,2,6H2,1H3;. The molecule has 1 aromatic rings. The topological polar surface area (TPSA) is 60.4 Å². The average Bonchev–Trinajstić information content (AvgIpc) is 2.23. The fourth-order valence-electron chi connectivity index (χ4n) is 0.894. The molecule has 4 nitrogen and oxygen atoms in total. The van der Waals surface area contributed by atoms with E-state index in [1.807, 2.05) is 6.92 Å². The molecule has 0 N–H and O–H groups in total. The summed E-state index contributed by atoms with van der Waals surface area (Å²) in [5.74, 6) is -0.315. The number of hydrogen-bond donors (Lipinski definition) is 0. The maximum Gasteiger partial charge on any atom is 0.338 e. The van der Waals surface area contributed by atoms with Gasteiger partial charge in [-0.05, 0) is 24.6 Å². The van der Waals surface area contributed by atoms with Crippen molar-refractivity contribution in [3.05, 3.63) is 34.9 Å². The summed E-state index contributed by atoms with van der Waals surface area (Å²) in [5.41, 5.74) is 0.501. The summed E-state index contributed by atoms with van der Waals surface area (Å²) in [5, 5.41) is 0.547. The first-order chi connectivity index (χ1) is 8.24. The number of esters is 1. The molecule has 0 aliphatic carbocycles. The second kappa shape index (κ2) is 8.58. The average molecular weight is 334 g/mol. The molecule has 18 heavy (non-hydrogen) atoms. The molecule has 102 valence electrons. The summed E-state index contributed by atoms with van der Waals surface area (Å²) >= 11 is 5.72. The molecule has 0 aromatic heterocycles. The van der Waals surface area contributed by atoms with E-state index in [2.05, 4.69) is 21.4 Å². The van der Waals surface area contributed by atoms with E-state index >= 15 is 0 Å². The first-order valence-electron chi connectivity index (χ1n) is 4.81. The van der Waals surface area contributed by atoms with Crippen LogP contribution in [0.15, 0.2) is 24.3 Å². The molecule has 0 aliphatic rings. The molecule has 0 saturated carbocycles. The second-order valence-electron chi connectivity index (χ2n) is 3.02. The Bertz CT molecular complexity index is 480. The van der Waals surface area contributed by atoms with Crippen molar-refractivity contribution < 1.29 is 17.9 Å². The molecule has 0 radical (unpaired) electrons. The predicted molar refractivity (Wildman–Crippen MR) is 72.7 cm³/mol. The van der Waals surface area contributed by atoms with Gasteiger partial charge in [-0.15, -0.1) is 0 Å². The monoisotopic (exact) mass is 332 g/mol. The zero-order valence-electron chi connectivity index (χ0n) is 9.40. The lowest BCUT2D eigenvalue weighted by Gasteiger charge is -2.02. The molecule has 0 amide bonds. The summed E-state index contributed by atoms with van der Waals surface area (Å²) in [7, 11) is 4.81. The summed E-state index contributed by atoms with van der Waals surface area (Å²) in [6.45, 7) is 2.40. The Balaban J connectivity index is 0.000000494. The Morgan fingerprint density at radius 1 is 1.33 bits per heavy atom. The molecule has 0 spiro atoms. The van der Waals surface area contributed by atoms with Gasteiger partial charge >= 0.3 is 14.2 Å². The fourth-order valence-corrected chi connectivity index (χ4v) is 1.08. The Hall–Kier alpha value is -0.490. The highest BCUT2D eigenvalue weighted by Gasteiger charge is 2.05. The quantitative estimate of drug-likeness (QED) is 0.626. The van der Waals surface area contributed by atoms with E-state index in [1.165, 1.54) is 0 Å². The number of benzene rings is 1. The van der Waals surface area contributed by atoms with E-state index in [4.69, 9.17) is 24.8 Å². The molecular formula is C10H11Cl3O4S. The minimum absolute atomic E-state index is 0.315. The highest BCUT2D eigenvalue weighted by molar-refractivity contribution is 8.31. The molecule has 0 bridgehead atoms. The van der Waals surface area contributed by atoms with Gasteiger partial charge in [0.1, 0.15) is 0 Å². The zero-order chi connectivity index (χ0) is 14.2. The fraction of sp³-hybridized carbons (Fsp3) is 0.300. The summed E-state index contributed by atoms with van der Waals surface area (Å²) < 4.78 is 23.3. The lowest BCUT2D eigenvalue weighted by Crippen LogP contribution is -2.05. The van der Waals surface area contributed by atoms with Crippen molar-refractivity contribution in [2.24, 2.45) is 0 Å². The van der Waals surface area contributed by atoms with Gasteiger partial charge < -0.3 is 4.74 Å². The van der Waals surface area contributed by atoms with E-state index in [-0.39, 0.29) is 5.97 Å². The molecule has 0 aliphatic heterocycles. The van der Waals surface area contributed by atoms with Crippen LogP contribution >= 0.6 is 33.0 Å². The number of carbonyl (C=O) groups excluding carboxylic acids is 1. The SMILES string of the molecule is CCCOC(=O)c1cccc(Cl)c1.O=S(=O)(Cl)Cl. The molecule has 0 atom stereocenters.